The quantitative estimate of drug-likeness (QED) is 0.820. The minimum absolute atomic E-state index is 0.419. The first-order valence-electron chi connectivity index (χ1n) is 6.57. The summed E-state index contributed by atoms with van der Waals surface area (Å²) >= 11 is 5.10. The van der Waals surface area contributed by atoms with E-state index < -0.39 is 0 Å². The van der Waals surface area contributed by atoms with E-state index in [-0.39, 0.29) is 0 Å². The zero-order valence-electron chi connectivity index (χ0n) is 11.1. The highest BCUT2D eigenvalue weighted by Gasteiger charge is 2.21. The van der Waals surface area contributed by atoms with Gasteiger partial charge >= 0.3 is 0 Å². The molecule has 1 fully saturated rings. The average molecular weight is 263 g/mol. The molecule has 2 atom stereocenters. The van der Waals surface area contributed by atoms with E-state index in [9.17, 15) is 0 Å². The summed E-state index contributed by atoms with van der Waals surface area (Å²) in [6, 6.07) is 1.94. The number of aryl methyl sites for hydroxylation is 1. The highest BCUT2D eigenvalue weighted by Crippen LogP contribution is 2.30. The maximum atomic E-state index is 5.77. The smallest absolute Gasteiger partial charge is 0.136 e. The molecule has 2 rings (SSSR count). The molecule has 1 aromatic heterocycles. The summed E-state index contributed by atoms with van der Waals surface area (Å²) in [6.07, 6.45) is 5.76. The Morgan fingerprint density at radius 2 is 2.33 bits per heavy atom. The normalized spacial score (nSPS) is 23.0. The SMILES string of the molecule is Cc1ccnc(NCC2CCC(C)C2)c1C(N)=S. The molecule has 1 aromatic rings. The number of nitrogens with zero attached hydrogens (tertiary/aromatic N) is 1. The fraction of sp³-hybridized carbons (Fsp3) is 0.571. The Labute approximate surface area is 114 Å². The van der Waals surface area contributed by atoms with Crippen LogP contribution in [0.15, 0.2) is 12.3 Å². The Hall–Kier alpha value is -1.16. The van der Waals surface area contributed by atoms with Crippen molar-refractivity contribution in [2.45, 2.75) is 33.1 Å². The van der Waals surface area contributed by atoms with E-state index in [1.54, 1.807) is 6.20 Å². The number of nitrogens with two attached hydrogens (primary N) is 1. The Morgan fingerprint density at radius 3 is 2.94 bits per heavy atom. The van der Waals surface area contributed by atoms with Crippen LogP contribution in [0.4, 0.5) is 5.82 Å². The molecule has 3 N–H and O–H groups in total. The van der Waals surface area contributed by atoms with Crippen LogP contribution in [0.2, 0.25) is 0 Å². The molecular weight excluding hydrogens is 242 g/mol. The van der Waals surface area contributed by atoms with Gasteiger partial charge in [0.25, 0.3) is 0 Å². The third-order valence-electron chi connectivity index (χ3n) is 3.77. The van der Waals surface area contributed by atoms with Crippen molar-refractivity contribution in [3.8, 4) is 0 Å². The van der Waals surface area contributed by atoms with Gasteiger partial charge in [0.15, 0.2) is 0 Å². The van der Waals surface area contributed by atoms with E-state index in [4.69, 9.17) is 18.0 Å². The molecule has 1 saturated carbocycles. The molecule has 1 aliphatic carbocycles. The van der Waals surface area contributed by atoms with Gasteiger partial charge in [0.05, 0.1) is 5.56 Å². The van der Waals surface area contributed by atoms with E-state index in [2.05, 4.69) is 17.2 Å². The lowest BCUT2D eigenvalue weighted by molar-refractivity contribution is 0.536. The Kier molecular flexibility index (Phi) is 4.17. The van der Waals surface area contributed by atoms with Crippen LogP contribution in [-0.4, -0.2) is 16.5 Å². The minimum atomic E-state index is 0.419. The number of aromatic nitrogens is 1. The molecule has 98 valence electrons. The second-order valence-electron chi connectivity index (χ2n) is 5.38. The summed E-state index contributed by atoms with van der Waals surface area (Å²) < 4.78 is 0. The van der Waals surface area contributed by atoms with Crippen molar-refractivity contribution in [2.75, 3.05) is 11.9 Å². The lowest BCUT2D eigenvalue weighted by atomic mass is 10.1. The van der Waals surface area contributed by atoms with Gasteiger partial charge in [-0.05, 0) is 43.2 Å². The summed E-state index contributed by atoms with van der Waals surface area (Å²) in [4.78, 5) is 4.78. The van der Waals surface area contributed by atoms with Crippen LogP contribution in [-0.2, 0) is 0 Å². The van der Waals surface area contributed by atoms with E-state index in [0.29, 0.717) is 4.99 Å². The minimum Gasteiger partial charge on any atom is -0.389 e. The van der Waals surface area contributed by atoms with Gasteiger partial charge in [0, 0.05) is 12.7 Å². The molecule has 3 nitrogen and oxygen atoms in total. The van der Waals surface area contributed by atoms with Crippen LogP contribution < -0.4 is 11.1 Å². The summed E-state index contributed by atoms with van der Waals surface area (Å²) in [5, 5.41) is 3.42. The van der Waals surface area contributed by atoms with Gasteiger partial charge < -0.3 is 11.1 Å². The molecule has 1 heterocycles. The van der Waals surface area contributed by atoms with Crippen LogP contribution >= 0.6 is 12.2 Å². The third-order valence-corrected chi connectivity index (χ3v) is 3.97. The first-order valence-corrected chi connectivity index (χ1v) is 6.98. The molecule has 4 heteroatoms. The van der Waals surface area contributed by atoms with Crippen LogP contribution in [0.25, 0.3) is 0 Å². The average Bonchev–Trinajstić information content (AvgIpc) is 2.72. The molecular formula is C14H21N3S. The molecule has 2 unspecified atom stereocenters. The van der Waals surface area contributed by atoms with Crippen molar-refractivity contribution in [3.63, 3.8) is 0 Å². The van der Waals surface area contributed by atoms with E-state index in [1.165, 1.54) is 19.3 Å². The molecule has 0 saturated heterocycles. The number of pyridine rings is 1. The predicted octanol–water partition coefficient (Wildman–Crippen LogP) is 2.87. The molecule has 0 aliphatic heterocycles. The number of nitrogens with one attached hydrogen (secondary N) is 1. The molecule has 18 heavy (non-hydrogen) atoms. The highest BCUT2D eigenvalue weighted by molar-refractivity contribution is 7.80. The monoisotopic (exact) mass is 263 g/mol. The lowest BCUT2D eigenvalue weighted by Crippen LogP contribution is -2.19. The maximum absolute atomic E-state index is 5.77. The zero-order valence-corrected chi connectivity index (χ0v) is 11.9. The molecule has 0 amide bonds. The second kappa shape index (κ2) is 5.65. The zero-order chi connectivity index (χ0) is 13.1. The lowest BCUT2D eigenvalue weighted by Gasteiger charge is -2.15. The molecule has 0 bridgehead atoms. The van der Waals surface area contributed by atoms with Gasteiger partial charge in [-0.1, -0.05) is 25.6 Å². The van der Waals surface area contributed by atoms with Gasteiger partial charge in [-0.3, -0.25) is 0 Å². The van der Waals surface area contributed by atoms with Crippen molar-refractivity contribution in [3.05, 3.63) is 23.4 Å². The Balaban J connectivity index is 2.05. The Bertz CT molecular complexity index is 445. The topological polar surface area (TPSA) is 50.9 Å². The van der Waals surface area contributed by atoms with Gasteiger partial charge in [-0.25, -0.2) is 4.98 Å². The van der Waals surface area contributed by atoms with Crippen molar-refractivity contribution in [2.24, 2.45) is 17.6 Å². The maximum Gasteiger partial charge on any atom is 0.136 e. The summed E-state index contributed by atoms with van der Waals surface area (Å²) in [5.41, 5.74) is 7.74. The van der Waals surface area contributed by atoms with Crippen molar-refractivity contribution >= 4 is 23.0 Å². The van der Waals surface area contributed by atoms with Crippen LogP contribution in [0.3, 0.4) is 0 Å². The van der Waals surface area contributed by atoms with Crippen molar-refractivity contribution in [1.29, 1.82) is 0 Å². The molecule has 0 aromatic carbocycles. The fourth-order valence-electron chi connectivity index (χ4n) is 2.75. The fourth-order valence-corrected chi connectivity index (χ4v) is 3.01. The number of hydrogen-bond acceptors (Lipinski definition) is 3. The van der Waals surface area contributed by atoms with Crippen molar-refractivity contribution < 1.29 is 0 Å². The predicted molar refractivity (Wildman–Crippen MR) is 79.9 cm³/mol. The van der Waals surface area contributed by atoms with Gasteiger partial charge in [-0.15, -0.1) is 0 Å². The summed E-state index contributed by atoms with van der Waals surface area (Å²) in [7, 11) is 0. The molecule has 0 radical (unpaired) electrons. The summed E-state index contributed by atoms with van der Waals surface area (Å²) in [6.45, 7) is 5.31. The second-order valence-corrected chi connectivity index (χ2v) is 5.82. The van der Waals surface area contributed by atoms with Crippen molar-refractivity contribution in [1.82, 2.24) is 4.98 Å². The van der Waals surface area contributed by atoms with E-state index >= 15 is 0 Å². The van der Waals surface area contributed by atoms with Crippen LogP contribution in [0, 0.1) is 18.8 Å². The Morgan fingerprint density at radius 1 is 1.56 bits per heavy atom. The number of rotatable bonds is 4. The van der Waals surface area contributed by atoms with Crippen LogP contribution in [0.5, 0.6) is 0 Å². The number of thiocarbonyl (C=S) groups is 1. The summed E-state index contributed by atoms with van der Waals surface area (Å²) in [5.74, 6) is 2.45. The first kappa shape index (κ1) is 13.3. The number of hydrogen-bond donors (Lipinski definition) is 2. The largest absolute Gasteiger partial charge is 0.389 e. The third kappa shape index (κ3) is 2.99. The van der Waals surface area contributed by atoms with Crippen LogP contribution in [0.1, 0.15) is 37.3 Å². The van der Waals surface area contributed by atoms with Gasteiger partial charge in [0.1, 0.15) is 10.8 Å². The van der Waals surface area contributed by atoms with Gasteiger partial charge in [-0.2, -0.15) is 0 Å². The van der Waals surface area contributed by atoms with E-state index in [0.717, 1.165) is 35.3 Å². The number of anilines is 1. The first-order chi connectivity index (χ1) is 8.58. The molecule has 0 spiro atoms. The van der Waals surface area contributed by atoms with Gasteiger partial charge in [0.2, 0.25) is 0 Å². The molecule has 1 aliphatic rings. The standard InChI is InChI=1S/C14H21N3S/c1-9-3-4-11(7-9)8-17-14-12(13(15)18)10(2)5-6-16-14/h5-6,9,11H,3-4,7-8H2,1-2H3,(H2,15,18)(H,16,17). The van der Waals surface area contributed by atoms with E-state index in [1.807, 2.05) is 13.0 Å². The highest BCUT2D eigenvalue weighted by atomic mass is 32.1.